The summed E-state index contributed by atoms with van der Waals surface area (Å²) in [6.45, 7) is 2.17. The van der Waals surface area contributed by atoms with E-state index < -0.39 is 5.97 Å². The average molecular weight is 420 g/mol. The minimum absolute atomic E-state index is 0.190. The predicted molar refractivity (Wildman–Crippen MR) is 115 cm³/mol. The number of fused-ring (bicyclic) bond motifs is 1. The third-order valence-electron chi connectivity index (χ3n) is 4.82. The zero-order valence-corrected chi connectivity index (χ0v) is 17.1. The lowest BCUT2D eigenvalue weighted by molar-refractivity contribution is 0.0522. The van der Waals surface area contributed by atoms with Crippen molar-refractivity contribution in [3.05, 3.63) is 78.1 Å². The van der Waals surface area contributed by atoms with Gasteiger partial charge in [-0.05, 0) is 18.6 Å². The maximum Gasteiger partial charge on any atom is 0.359 e. The van der Waals surface area contributed by atoms with Gasteiger partial charge in [0.15, 0.2) is 5.69 Å². The van der Waals surface area contributed by atoms with Gasteiger partial charge in [0, 0.05) is 29.9 Å². The smallest absolute Gasteiger partial charge is 0.359 e. The lowest BCUT2D eigenvalue weighted by atomic mass is 10.1. The van der Waals surface area contributed by atoms with Gasteiger partial charge in [0.2, 0.25) is 5.95 Å². The van der Waals surface area contributed by atoms with Crippen molar-refractivity contribution in [3.63, 3.8) is 0 Å². The normalized spacial score (nSPS) is 10.8. The van der Waals surface area contributed by atoms with Gasteiger partial charge in [-0.25, -0.2) is 19.2 Å². The first-order chi connectivity index (χ1) is 15.1. The Balaban J connectivity index is 1.74. The molecule has 0 aliphatic heterocycles. The number of benzene rings is 2. The molecule has 2 aromatic heterocycles. The van der Waals surface area contributed by atoms with Crippen molar-refractivity contribution < 1.29 is 18.7 Å². The van der Waals surface area contributed by atoms with Crippen LogP contribution < -0.4 is 10.1 Å². The Kier molecular flexibility index (Phi) is 5.79. The summed E-state index contributed by atoms with van der Waals surface area (Å²) < 4.78 is 26.2. The summed E-state index contributed by atoms with van der Waals surface area (Å²) in [5.41, 5.74) is 2.84. The largest absolute Gasteiger partial charge is 0.497 e. The number of nitrogens with one attached hydrogen (secondary N) is 1. The highest BCUT2D eigenvalue weighted by Crippen LogP contribution is 2.29. The SMILES string of the molecule is CCOC(=O)c1ncn2c(NCc3ccc(OC)cc3F)ncc(-c3ccccc3)c12. The molecule has 0 radical (unpaired) electrons. The Labute approximate surface area is 178 Å². The molecular formula is C23H21FN4O3. The maximum absolute atomic E-state index is 14.3. The topological polar surface area (TPSA) is 77.8 Å². The number of carbonyl (C=O) groups excluding carboxylic acids is 1. The fraction of sp³-hybridized carbons (Fsp3) is 0.174. The summed E-state index contributed by atoms with van der Waals surface area (Å²) in [4.78, 5) is 21.3. The number of methoxy groups -OCH3 is 1. The van der Waals surface area contributed by atoms with Gasteiger partial charge in [-0.2, -0.15) is 0 Å². The molecule has 4 aromatic rings. The van der Waals surface area contributed by atoms with E-state index in [1.807, 2.05) is 30.3 Å². The number of hydrogen-bond donors (Lipinski definition) is 1. The third kappa shape index (κ3) is 4.05. The number of nitrogens with zero attached hydrogens (tertiary/aromatic N) is 3. The summed E-state index contributed by atoms with van der Waals surface area (Å²) in [5, 5.41) is 3.12. The molecule has 0 aliphatic carbocycles. The van der Waals surface area contributed by atoms with Gasteiger partial charge in [-0.15, -0.1) is 0 Å². The van der Waals surface area contributed by atoms with Crippen LogP contribution in [0.15, 0.2) is 61.1 Å². The molecule has 2 heterocycles. The minimum Gasteiger partial charge on any atom is -0.497 e. The highest BCUT2D eigenvalue weighted by atomic mass is 19.1. The number of halogens is 1. The summed E-state index contributed by atoms with van der Waals surface area (Å²) in [6.07, 6.45) is 3.18. The Hall–Kier alpha value is -3.94. The number of ether oxygens (including phenoxy) is 2. The van der Waals surface area contributed by atoms with Gasteiger partial charge in [-0.3, -0.25) is 4.40 Å². The first kappa shape index (κ1) is 20.3. The van der Waals surface area contributed by atoms with Crippen molar-refractivity contribution in [1.82, 2.24) is 14.4 Å². The van der Waals surface area contributed by atoms with Crippen LogP contribution in [0.25, 0.3) is 16.6 Å². The molecule has 0 spiro atoms. The van der Waals surface area contributed by atoms with Crippen LogP contribution in [-0.4, -0.2) is 34.1 Å². The lowest BCUT2D eigenvalue weighted by Gasteiger charge is -2.12. The first-order valence-electron chi connectivity index (χ1n) is 9.77. The second-order valence-corrected chi connectivity index (χ2v) is 6.70. The molecule has 0 amide bonds. The molecule has 0 fully saturated rings. The fourth-order valence-electron chi connectivity index (χ4n) is 3.30. The van der Waals surface area contributed by atoms with E-state index in [0.717, 1.165) is 11.1 Å². The zero-order valence-electron chi connectivity index (χ0n) is 17.1. The zero-order chi connectivity index (χ0) is 21.8. The Bertz CT molecular complexity index is 1220. The molecule has 0 bridgehead atoms. The molecule has 1 N–H and O–H groups in total. The van der Waals surface area contributed by atoms with Gasteiger partial charge in [0.25, 0.3) is 0 Å². The minimum atomic E-state index is -0.513. The van der Waals surface area contributed by atoms with Crippen molar-refractivity contribution in [1.29, 1.82) is 0 Å². The number of esters is 1. The molecule has 7 nitrogen and oxygen atoms in total. The molecule has 4 rings (SSSR count). The number of aromatic nitrogens is 3. The number of rotatable bonds is 7. The average Bonchev–Trinajstić information content (AvgIpc) is 3.24. The molecule has 2 aromatic carbocycles. The Morgan fingerprint density at radius 2 is 1.97 bits per heavy atom. The van der Waals surface area contributed by atoms with Gasteiger partial charge >= 0.3 is 5.97 Å². The van der Waals surface area contributed by atoms with E-state index in [2.05, 4.69) is 15.3 Å². The molecule has 0 aliphatic rings. The van der Waals surface area contributed by atoms with Gasteiger partial charge in [0.1, 0.15) is 17.9 Å². The van der Waals surface area contributed by atoms with E-state index in [1.165, 1.54) is 19.5 Å². The quantitative estimate of drug-likeness (QED) is 0.449. The van der Waals surface area contributed by atoms with Crippen molar-refractivity contribution in [2.75, 3.05) is 19.0 Å². The van der Waals surface area contributed by atoms with Crippen molar-refractivity contribution in [2.24, 2.45) is 0 Å². The van der Waals surface area contributed by atoms with Crippen molar-refractivity contribution in [3.8, 4) is 16.9 Å². The van der Waals surface area contributed by atoms with E-state index in [9.17, 15) is 9.18 Å². The standard InChI is InChI=1S/C23H21FN4O3/c1-3-31-22(29)20-21-18(15-7-5-4-6-8-15)13-26-23(28(21)14-27-20)25-12-16-9-10-17(30-2)11-19(16)24/h4-11,13-14H,3,12H2,1-2H3,(H,25,26). The van der Waals surface area contributed by atoms with E-state index in [-0.39, 0.29) is 24.7 Å². The molecule has 0 unspecified atom stereocenters. The van der Waals surface area contributed by atoms with Crippen LogP contribution in [0.1, 0.15) is 23.0 Å². The van der Waals surface area contributed by atoms with Crippen LogP contribution in [0.3, 0.4) is 0 Å². The van der Waals surface area contributed by atoms with Crippen molar-refractivity contribution in [2.45, 2.75) is 13.5 Å². The fourth-order valence-corrected chi connectivity index (χ4v) is 3.30. The molecule has 158 valence electrons. The second kappa shape index (κ2) is 8.83. The number of carbonyl (C=O) groups is 1. The van der Waals surface area contributed by atoms with Crippen LogP contribution >= 0.6 is 0 Å². The summed E-state index contributed by atoms with van der Waals surface area (Å²) in [6, 6.07) is 14.3. The second-order valence-electron chi connectivity index (χ2n) is 6.70. The van der Waals surface area contributed by atoms with Crippen LogP contribution in [0.4, 0.5) is 10.3 Å². The lowest BCUT2D eigenvalue weighted by Crippen LogP contribution is -2.10. The van der Waals surface area contributed by atoms with Crippen LogP contribution in [-0.2, 0) is 11.3 Å². The third-order valence-corrected chi connectivity index (χ3v) is 4.82. The molecule has 0 atom stereocenters. The van der Waals surface area contributed by atoms with Crippen LogP contribution in [0.5, 0.6) is 5.75 Å². The number of anilines is 1. The maximum atomic E-state index is 14.3. The van der Waals surface area contributed by atoms with E-state index in [1.54, 1.807) is 29.7 Å². The molecule has 31 heavy (non-hydrogen) atoms. The number of imidazole rings is 1. The Morgan fingerprint density at radius 1 is 1.16 bits per heavy atom. The van der Waals surface area contributed by atoms with Gasteiger partial charge < -0.3 is 14.8 Å². The van der Waals surface area contributed by atoms with Crippen LogP contribution in [0, 0.1) is 5.82 Å². The van der Waals surface area contributed by atoms with Crippen molar-refractivity contribution >= 4 is 17.4 Å². The van der Waals surface area contributed by atoms with E-state index in [4.69, 9.17) is 9.47 Å². The molecule has 0 saturated carbocycles. The highest BCUT2D eigenvalue weighted by molar-refractivity contribution is 6.00. The number of hydrogen-bond acceptors (Lipinski definition) is 6. The molecular weight excluding hydrogens is 399 g/mol. The molecule has 0 saturated heterocycles. The summed E-state index contributed by atoms with van der Waals surface area (Å²) in [7, 11) is 1.49. The first-order valence-corrected chi connectivity index (χ1v) is 9.77. The van der Waals surface area contributed by atoms with Gasteiger partial charge in [-0.1, -0.05) is 36.4 Å². The van der Waals surface area contributed by atoms with Crippen LogP contribution in [0.2, 0.25) is 0 Å². The summed E-state index contributed by atoms with van der Waals surface area (Å²) >= 11 is 0. The molecule has 8 heteroatoms. The van der Waals surface area contributed by atoms with Gasteiger partial charge in [0.05, 0.1) is 19.2 Å². The Morgan fingerprint density at radius 3 is 2.68 bits per heavy atom. The van der Waals surface area contributed by atoms with E-state index >= 15 is 0 Å². The predicted octanol–water partition coefficient (Wildman–Crippen LogP) is 4.33. The monoisotopic (exact) mass is 420 g/mol. The highest BCUT2D eigenvalue weighted by Gasteiger charge is 2.21. The van der Waals surface area contributed by atoms with E-state index in [0.29, 0.717) is 22.8 Å². The summed E-state index contributed by atoms with van der Waals surface area (Å²) in [5.74, 6) is -0.0296.